The summed E-state index contributed by atoms with van der Waals surface area (Å²) in [5, 5.41) is 14.4. The van der Waals surface area contributed by atoms with Gasteiger partial charge in [0.1, 0.15) is 6.04 Å². The molecule has 1 aromatic heterocycles. The van der Waals surface area contributed by atoms with E-state index in [2.05, 4.69) is 5.10 Å². The van der Waals surface area contributed by atoms with Gasteiger partial charge < -0.3 is 5.11 Å². The lowest BCUT2D eigenvalue weighted by molar-refractivity contribution is -0.141. The molecule has 0 spiro atoms. The zero-order valence-electron chi connectivity index (χ0n) is 14.0. The van der Waals surface area contributed by atoms with Crippen molar-refractivity contribution in [2.45, 2.75) is 24.0 Å². The summed E-state index contributed by atoms with van der Waals surface area (Å²) in [6.45, 7) is 0.0228. The lowest BCUT2D eigenvalue weighted by Crippen LogP contribution is -2.48. The Hall–Kier alpha value is -2.71. The van der Waals surface area contributed by atoms with E-state index in [0.29, 0.717) is 10.9 Å². The van der Waals surface area contributed by atoms with Crippen LogP contribution in [0.25, 0.3) is 10.9 Å². The fourth-order valence-corrected chi connectivity index (χ4v) is 5.36. The number of carbonyl (C=O) groups is 1. The minimum absolute atomic E-state index is 0.0127. The third-order valence-electron chi connectivity index (χ3n) is 4.73. The van der Waals surface area contributed by atoms with Gasteiger partial charge in [-0.2, -0.15) is 9.40 Å². The number of aryl methyl sites for hydroxylation is 1. The molecule has 0 unspecified atom stereocenters. The third kappa shape index (κ3) is 2.49. The van der Waals surface area contributed by atoms with E-state index in [1.54, 1.807) is 31.3 Å². The molecule has 8 heteroatoms. The van der Waals surface area contributed by atoms with Gasteiger partial charge in [0.2, 0.25) is 0 Å². The van der Waals surface area contributed by atoms with Crippen LogP contribution in [-0.2, 0) is 34.8 Å². The highest BCUT2D eigenvalue weighted by atomic mass is 32.2. The van der Waals surface area contributed by atoms with Crippen LogP contribution >= 0.6 is 0 Å². The highest BCUT2D eigenvalue weighted by molar-refractivity contribution is 7.89. The lowest BCUT2D eigenvalue weighted by atomic mass is 9.96. The predicted molar refractivity (Wildman–Crippen MR) is 95.0 cm³/mol. The molecule has 2 aromatic carbocycles. The third-order valence-corrected chi connectivity index (χ3v) is 6.70. The number of rotatable bonds is 3. The molecule has 134 valence electrons. The number of hydrogen-bond acceptors (Lipinski definition) is 4. The number of aromatic nitrogens is 2. The molecule has 1 atom stereocenters. The van der Waals surface area contributed by atoms with E-state index < -0.39 is 22.0 Å². The van der Waals surface area contributed by atoms with Crippen LogP contribution in [-0.4, -0.2) is 39.6 Å². The van der Waals surface area contributed by atoms with E-state index in [9.17, 15) is 18.3 Å². The first-order valence-electron chi connectivity index (χ1n) is 8.13. The highest BCUT2D eigenvalue weighted by Gasteiger charge is 2.41. The zero-order valence-corrected chi connectivity index (χ0v) is 14.8. The standard InChI is InChI=1S/C18H17N3O4S/c1-20-17(14-8-4-5-9-15(14)19-20)26(24,25)21-11-13-7-3-2-6-12(13)10-16(21)18(22)23/h2-9,16H,10-11H2,1H3,(H,22,23)/t16-/m1/s1. The van der Waals surface area contributed by atoms with Gasteiger partial charge in [-0.1, -0.05) is 36.4 Å². The maximum absolute atomic E-state index is 13.4. The van der Waals surface area contributed by atoms with Crippen molar-refractivity contribution in [3.63, 3.8) is 0 Å². The van der Waals surface area contributed by atoms with E-state index in [1.165, 1.54) is 4.68 Å². The Balaban J connectivity index is 1.89. The number of sulfonamides is 1. The lowest BCUT2D eigenvalue weighted by Gasteiger charge is -2.33. The van der Waals surface area contributed by atoms with Crippen molar-refractivity contribution in [1.82, 2.24) is 14.1 Å². The van der Waals surface area contributed by atoms with E-state index in [4.69, 9.17) is 0 Å². The average molecular weight is 371 g/mol. The SMILES string of the molecule is Cn1nc2ccccc2c1S(=O)(=O)N1Cc2ccccc2C[C@@H]1C(=O)O. The van der Waals surface area contributed by atoms with Crippen molar-refractivity contribution >= 4 is 26.9 Å². The van der Waals surface area contributed by atoms with Gasteiger partial charge >= 0.3 is 5.97 Å². The highest BCUT2D eigenvalue weighted by Crippen LogP contribution is 2.32. The van der Waals surface area contributed by atoms with Crippen LogP contribution in [0.4, 0.5) is 0 Å². The summed E-state index contributed by atoms with van der Waals surface area (Å²) < 4.78 is 29.2. The summed E-state index contributed by atoms with van der Waals surface area (Å²) in [5.41, 5.74) is 2.24. The summed E-state index contributed by atoms with van der Waals surface area (Å²) in [4.78, 5) is 11.8. The Morgan fingerprint density at radius 2 is 1.77 bits per heavy atom. The minimum atomic E-state index is -4.06. The first-order chi connectivity index (χ1) is 12.4. The number of nitrogens with zero attached hydrogens (tertiary/aromatic N) is 3. The van der Waals surface area contributed by atoms with Gasteiger partial charge in [0, 0.05) is 25.4 Å². The van der Waals surface area contributed by atoms with Crippen molar-refractivity contribution in [2.75, 3.05) is 0 Å². The molecule has 0 bridgehead atoms. The van der Waals surface area contributed by atoms with Gasteiger partial charge in [-0.05, 0) is 23.3 Å². The Kier molecular flexibility index (Phi) is 3.82. The van der Waals surface area contributed by atoms with Crippen LogP contribution in [0.2, 0.25) is 0 Å². The molecule has 4 rings (SSSR count). The fraction of sp³-hybridized carbons (Fsp3) is 0.222. The topological polar surface area (TPSA) is 92.5 Å². The molecule has 0 fully saturated rings. The number of carboxylic acid groups (broad SMARTS) is 1. The molecule has 0 aliphatic carbocycles. The van der Waals surface area contributed by atoms with Crippen molar-refractivity contribution in [3.05, 3.63) is 59.7 Å². The molecule has 1 aliphatic rings. The predicted octanol–water partition coefficient (Wildman–Crippen LogP) is 1.77. The number of benzene rings is 2. The average Bonchev–Trinajstić information content (AvgIpc) is 2.96. The van der Waals surface area contributed by atoms with Crippen LogP contribution in [0.3, 0.4) is 0 Å². The minimum Gasteiger partial charge on any atom is -0.480 e. The van der Waals surface area contributed by atoms with Crippen molar-refractivity contribution in [3.8, 4) is 0 Å². The van der Waals surface area contributed by atoms with Gasteiger partial charge in [0.05, 0.1) is 5.52 Å². The number of hydrogen-bond donors (Lipinski definition) is 1. The Labute approximate surface area is 150 Å². The van der Waals surface area contributed by atoms with Crippen LogP contribution in [0, 0.1) is 0 Å². The van der Waals surface area contributed by atoms with Gasteiger partial charge in [-0.15, -0.1) is 0 Å². The second-order valence-electron chi connectivity index (χ2n) is 6.32. The van der Waals surface area contributed by atoms with E-state index >= 15 is 0 Å². The van der Waals surface area contributed by atoms with Crippen LogP contribution in [0.5, 0.6) is 0 Å². The summed E-state index contributed by atoms with van der Waals surface area (Å²) in [6, 6.07) is 13.1. The van der Waals surface area contributed by atoms with E-state index in [1.807, 2.05) is 24.3 Å². The van der Waals surface area contributed by atoms with E-state index in [-0.39, 0.29) is 18.0 Å². The van der Waals surface area contributed by atoms with Crippen molar-refractivity contribution in [2.24, 2.45) is 7.05 Å². The van der Waals surface area contributed by atoms with Crippen molar-refractivity contribution < 1.29 is 18.3 Å². The van der Waals surface area contributed by atoms with E-state index in [0.717, 1.165) is 15.4 Å². The molecule has 26 heavy (non-hydrogen) atoms. The molecular weight excluding hydrogens is 354 g/mol. The first kappa shape index (κ1) is 16.7. The molecule has 2 heterocycles. The zero-order chi connectivity index (χ0) is 18.5. The molecule has 7 nitrogen and oxygen atoms in total. The maximum atomic E-state index is 13.4. The molecule has 1 N–H and O–H groups in total. The number of aliphatic carboxylic acids is 1. The Morgan fingerprint density at radius 3 is 2.50 bits per heavy atom. The summed E-state index contributed by atoms with van der Waals surface area (Å²) >= 11 is 0. The number of carboxylic acids is 1. The molecule has 0 saturated heterocycles. The molecule has 0 radical (unpaired) electrons. The molecule has 0 saturated carbocycles. The monoisotopic (exact) mass is 371 g/mol. The summed E-state index contributed by atoms with van der Waals surface area (Å²) in [6.07, 6.45) is 0.139. The van der Waals surface area contributed by atoms with Crippen molar-refractivity contribution in [1.29, 1.82) is 0 Å². The second kappa shape index (κ2) is 5.93. The Morgan fingerprint density at radius 1 is 1.12 bits per heavy atom. The van der Waals surface area contributed by atoms with Gasteiger partial charge in [-0.3, -0.25) is 9.48 Å². The quantitative estimate of drug-likeness (QED) is 0.757. The molecule has 3 aromatic rings. The van der Waals surface area contributed by atoms with Crippen LogP contribution < -0.4 is 0 Å². The fourth-order valence-electron chi connectivity index (χ4n) is 3.50. The summed E-state index contributed by atoms with van der Waals surface area (Å²) in [5.74, 6) is -1.16. The molecule has 0 amide bonds. The van der Waals surface area contributed by atoms with Gasteiger partial charge in [0.25, 0.3) is 10.0 Å². The largest absolute Gasteiger partial charge is 0.480 e. The van der Waals surface area contributed by atoms with Gasteiger partial charge in [-0.25, -0.2) is 8.42 Å². The second-order valence-corrected chi connectivity index (χ2v) is 8.13. The number of fused-ring (bicyclic) bond motifs is 2. The molecule has 1 aliphatic heterocycles. The van der Waals surface area contributed by atoms with Crippen LogP contribution in [0.1, 0.15) is 11.1 Å². The normalized spacial score (nSPS) is 18.0. The first-order valence-corrected chi connectivity index (χ1v) is 9.57. The van der Waals surface area contributed by atoms with Gasteiger partial charge in [0.15, 0.2) is 5.03 Å². The smallest absolute Gasteiger partial charge is 0.322 e. The molecular formula is C18H17N3O4S. The summed E-state index contributed by atoms with van der Waals surface area (Å²) in [7, 11) is -2.50. The Bertz CT molecular complexity index is 1120. The maximum Gasteiger partial charge on any atom is 0.322 e. The van der Waals surface area contributed by atoms with Crippen LogP contribution in [0.15, 0.2) is 53.6 Å².